The third-order valence-electron chi connectivity index (χ3n) is 4.45. The average Bonchev–Trinajstić information content (AvgIpc) is 3.02. The van der Waals surface area contributed by atoms with Crippen LogP contribution in [0.4, 0.5) is 4.39 Å². The van der Waals surface area contributed by atoms with Gasteiger partial charge in [-0.1, -0.05) is 0 Å². The van der Waals surface area contributed by atoms with Crippen molar-refractivity contribution < 1.29 is 9.18 Å². The lowest BCUT2D eigenvalue weighted by atomic mass is 9.97. The van der Waals surface area contributed by atoms with E-state index >= 15 is 0 Å². The van der Waals surface area contributed by atoms with Gasteiger partial charge in [-0.15, -0.1) is 11.3 Å². The number of amides is 1. The van der Waals surface area contributed by atoms with Gasteiger partial charge in [-0.25, -0.2) is 9.37 Å². The Morgan fingerprint density at radius 2 is 2.38 bits per heavy atom. The zero-order chi connectivity index (χ0) is 14.4. The van der Waals surface area contributed by atoms with Crippen LogP contribution in [0.1, 0.15) is 23.3 Å². The first kappa shape index (κ1) is 13.2. The summed E-state index contributed by atoms with van der Waals surface area (Å²) in [5.74, 6) is 0.220. The van der Waals surface area contributed by atoms with E-state index in [-0.39, 0.29) is 17.8 Å². The van der Waals surface area contributed by atoms with Crippen LogP contribution in [0.15, 0.2) is 17.6 Å². The quantitative estimate of drug-likeness (QED) is 0.925. The molecular weight excluding hydrogens is 289 g/mol. The molecule has 2 bridgehead atoms. The Morgan fingerprint density at radius 1 is 1.48 bits per heavy atom. The van der Waals surface area contributed by atoms with Crippen LogP contribution in [0, 0.1) is 11.7 Å². The highest BCUT2D eigenvalue weighted by Crippen LogP contribution is 2.27. The molecule has 6 heteroatoms. The second kappa shape index (κ2) is 5.03. The molecule has 0 saturated carbocycles. The van der Waals surface area contributed by atoms with Crippen LogP contribution >= 0.6 is 11.3 Å². The Labute approximate surface area is 126 Å². The second-order valence-corrected chi connectivity index (χ2v) is 6.88. The van der Waals surface area contributed by atoms with Gasteiger partial charge in [0.25, 0.3) is 5.91 Å². The first-order valence-electron chi connectivity index (χ1n) is 7.25. The van der Waals surface area contributed by atoms with Crippen molar-refractivity contribution in [1.29, 1.82) is 0 Å². The van der Waals surface area contributed by atoms with Crippen LogP contribution in [-0.2, 0) is 0 Å². The molecule has 2 aliphatic heterocycles. The van der Waals surface area contributed by atoms with Crippen molar-refractivity contribution in [3.8, 4) is 0 Å². The van der Waals surface area contributed by atoms with Gasteiger partial charge < -0.3 is 10.2 Å². The van der Waals surface area contributed by atoms with Gasteiger partial charge in [0.15, 0.2) is 0 Å². The normalized spacial score (nSPS) is 28.0. The molecule has 2 fully saturated rings. The Bertz CT molecular complexity index is 689. The average molecular weight is 305 g/mol. The molecule has 0 spiro atoms. The monoisotopic (exact) mass is 305 g/mol. The first-order chi connectivity index (χ1) is 10.2. The fraction of sp³-hybridized carbons (Fsp3) is 0.467. The SMILES string of the molecule is O=C(N[C@@H]1C[C@H]2CCN(C2)C1)c1cc2c(F)csc2cn1. The third-order valence-corrected chi connectivity index (χ3v) is 5.35. The van der Waals surface area contributed by atoms with Gasteiger partial charge in [0.1, 0.15) is 11.5 Å². The number of fused-ring (bicyclic) bond motifs is 3. The van der Waals surface area contributed by atoms with E-state index < -0.39 is 0 Å². The summed E-state index contributed by atoms with van der Waals surface area (Å²) >= 11 is 1.30. The van der Waals surface area contributed by atoms with Crippen LogP contribution in [-0.4, -0.2) is 41.5 Å². The van der Waals surface area contributed by atoms with Gasteiger partial charge in [-0.3, -0.25) is 4.79 Å². The summed E-state index contributed by atoms with van der Waals surface area (Å²) < 4.78 is 14.4. The smallest absolute Gasteiger partial charge is 0.270 e. The molecule has 110 valence electrons. The molecule has 2 aliphatic rings. The highest BCUT2D eigenvalue weighted by molar-refractivity contribution is 7.17. The Kier molecular flexibility index (Phi) is 3.15. The van der Waals surface area contributed by atoms with Crippen molar-refractivity contribution in [2.75, 3.05) is 19.6 Å². The van der Waals surface area contributed by atoms with Crippen molar-refractivity contribution in [3.63, 3.8) is 0 Å². The van der Waals surface area contributed by atoms with E-state index in [4.69, 9.17) is 0 Å². The molecule has 4 heterocycles. The van der Waals surface area contributed by atoms with Gasteiger partial charge in [0.05, 0.1) is 4.70 Å². The minimum atomic E-state index is -0.284. The zero-order valence-corrected chi connectivity index (χ0v) is 12.3. The van der Waals surface area contributed by atoms with Crippen LogP contribution in [0.2, 0.25) is 0 Å². The van der Waals surface area contributed by atoms with Crippen LogP contribution in [0.3, 0.4) is 0 Å². The van der Waals surface area contributed by atoms with Crippen molar-refractivity contribution in [2.45, 2.75) is 18.9 Å². The van der Waals surface area contributed by atoms with E-state index in [1.54, 1.807) is 12.3 Å². The standard InChI is InChI=1S/C15H16FN3OS/c16-12-8-21-14-5-17-13(4-11(12)14)15(20)18-10-3-9-1-2-19(6-9)7-10/h4-5,8-10H,1-3,6-7H2,(H,18,20)/t9-,10-/m1/s1. The summed E-state index contributed by atoms with van der Waals surface area (Å²) in [5, 5.41) is 4.97. The lowest BCUT2D eigenvalue weighted by molar-refractivity contribution is 0.0904. The summed E-state index contributed by atoms with van der Waals surface area (Å²) in [4.78, 5) is 18.9. The number of hydrogen-bond acceptors (Lipinski definition) is 4. The third kappa shape index (κ3) is 2.42. The number of hydrogen-bond donors (Lipinski definition) is 1. The number of piperidine rings is 1. The number of aromatic nitrogens is 1. The van der Waals surface area contributed by atoms with Gasteiger partial charge in [0, 0.05) is 36.1 Å². The lowest BCUT2D eigenvalue weighted by Gasteiger charge is -2.30. The number of rotatable bonds is 2. The Morgan fingerprint density at radius 3 is 3.24 bits per heavy atom. The van der Waals surface area contributed by atoms with Crippen molar-refractivity contribution in [3.05, 3.63) is 29.2 Å². The van der Waals surface area contributed by atoms with Crippen molar-refractivity contribution in [1.82, 2.24) is 15.2 Å². The number of thiophene rings is 1. The number of nitrogens with one attached hydrogen (secondary N) is 1. The van der Waals surface area contributed by atoms with Crippen LogP contribution in [0.25, 0.3) is 10.1 Å². The fourth-order valence-corrected chi connectivity index (χ4v) is 4.20. The highest BCUT2D eigenvalue weighted by Gasteiger charge is 2.33. The minimum Gasteiger partial charge on any atom is -0.347 e. The maximum atomic E-state index is 13.6. The van der Waals surface area contributed by atoms with Gasteiger partial charge in [0.2, 0.25) is 0 Å². The summed E-state index contributed by atoms with van der Waals surface area (Å²) in [6.07, 6.45) is 3.85. The van der Waals surface area contributed by atoms with Gasteiger partial charge >= 0.3 is 0 Å². The Hall–Kier alpha value is -1.53. The fourth-order valence-electron chi connectivity index (χ4n) is 3.45. The molecule has 1 N–H and O–H groups in total. The van der Waals surface area contributed by atoms with Crippen molar-refractivity contribution in [2.24, 2.45) is 5.92 Å². The van der Waals surface area contributed by atoms with E-state index in [9.17, 15) is 9.18 Å². The van der Waals surface area contributed by atoms with Crippen LogP contribution < -0.4 is 5.32 Å². The van der Waals surface area contributed by atoms with Gasteiger partial charge in [-0.2, -0.15) is 0 Å². The maximum Gasteiger partial charge on any atom is 0.270 e. The van der Waals surface area contributed by atoms with E-state index in [0.29, 0.717) is 17.0 Å². The zero-order valence-electron chi connectivity index (χ0n) is 11.5. The van der Waals surface area contributed by atoms with E-state index in [1.165, 1.54) is 23.1 Å². The molecule has 1 unspecified atom stereocenters. The predicted molar refractivity (Wildman–Crippen MR) is 80.0 cm³/mol. The first-order valence-corrected chi connectivity index (χ1v) is 8.13. The number of carbonyl (C=O) groups is 1. The minimum absolute atomic E-state index is 0.184. The molecule has 2 saturated heterocycles. The van der Waals surface area contributed by atoms with E-state index in [1.807, 2.05) is 0 Å². The number of nitrogens with zero attached hydrogens (tertiary/aromatic N) is 2. The molecule has 1 amide bonds. The summed E-state index contributed by atoms with van der Waals surface area (Å²) in [7, 11) is 0. The number of carbonyl (C=O) groups excluding carboxylic acids is 1. The molecule has 21 heavy (non-hydrogen) atoms. The molecule has 2 aromatic heterocycles. The Balaban J connectivity index is 1.52. The molecule has 2 aromatic rings. The van der Waals surface area contributed by atoms with Crippen molar-refractivity contribution >= 4 is 27.3 Å². The molecule has 3 atom stereocenters. The topological polar surface area (TPSA) is 45.2 Å². The summed E-state index contributed by atoms with van der Waals surface area (Å²) in [5.41, 5.74) is 0.299. The molecule has 4 rings (SSSR count). The summed E-state index contributed by atoms with van der Waals surface area (Å²) in [6.45, 7) is 3.22. The molecule has 0 aromatic carbocycles. The predicted octanol–water partition coefficient (Wildman–Crippen LogP) is 2.26. The number of halogens is 1. The molecule has 4 nitrogen and oxygen atoms in total. The highest BCUT2D eigenvalue weighted by atomic mass is 32.1. The molecular formula is C15H16FN3OS. The van der Waals surface area contributed by atoms with Gasteiger partial charge in [-0.05, 0) is 31.4 Å². The van der Waals surface area contributed by atoms with Crippen LogP contribution in [0.5, 0.6) is 0 Å². The number of pyridine rings is 1. The second-order valence-electron chi connectivity index (χ2n) is 5.97. The van der Waals surface area contributed by atoms with E-state index in [2.05, 4.69) is 15.2 Å². The lowest BCUT2D eigenvalue weighted by Crippen LogP contribution is -2.47. The maximum absolute atomic E-state index is 13.6. The molecule has 0 radical (unpaired) electrons. The largest absolute Gasteiger partial charge is 0.347 e. The summed E-state index contributed by atoms with van der Waals surface area (Å²) in [6, 6.07) is 1.73. The van der Waals surface area contributed by atoms with E-state index in [0.717, 1.165) is 30.8 Å². The molecule has 0 aliphatic carbocycles.